The van der Waals surface area contributed by atoms with Gasteiger partial charge in [-0.05, 0) is 13.0 Å². The van der Waals surface area contributed by atoms with Gasteiger partial charge in [0.15, 0.2) is 5.65 Å². The highest BCUT2D eigenvalue weighted by molar-refractivity contribution is 5.96. The Morgan fingerprint density at radius 2 is 2.06 bits per heavy atom. The molecule has 2 aromatic heterocycles. The van der Waals surface area contributed by atoms with Gasteiger partial charge in [0.05, 0.1) is 6.61 Å². The van der Waals surface area contributed by atoms with E-state index in [0.717, 1.165) is 16.4 Å². The first-order valence-electron chi connectivity index (χ1n) is 5.25. The standard InChI is InChI=1S/C12H11N3O/c1-2-16-12-10-6-4-3-5-9(10)11-13-7-8-15(11)14-12/h3-8H,2H2,1H3. The molecule has 1 aromatic carbocycles. The SMILES string of the molecule is CCOc1nn2ccnc2c2ccccc12. The van der Waals surface area contributed by atoms with Crippen molar-refractivity contribution in [3.63, 3.8) is 0 Å². The Morgan fingerprint density at radius 3 is 2.88 bits per heavy atom. The molecule has 0 aliphatic rings. The van der Waals surface area contributed by atoms with Crippen LogP contribution in [0.3, 0.4) is 0 Å². The number of benzene rings is 1. The van der Waals surface area contributed by atoms with Crippen LogP contribution in [0.1, 0.15) is 6.92 Å². The third-order valence-electron chi connectivity index (χ3n) is 2.50. The zero-order chi connectivity index (χ0) is 11.0. The molecule has 80 valence electrons. The minimum atomic E-state index is 0.608. The number of fused-ring (bicyclic) bond motifs is 3. The second kappa shape index (κ2) is 3.48. The highest BCUT2D eigenvalue weighted by atomic mass is 16.5. The summed E-state index contributed by atoms with van der Waals surface area (Å²) < 4.78 is 7.28. The second-order valence-electron chi connectivity index (χ2n) is 3.48. The van der Waals surface area contributed by atoms with Crippen LogP contribution in [-0.2, 0) is 0 Å². The molecule has 0 saturated heterocycles. The van der Waals surface area contributed by atoms with Gasteiger partial charge in [-0.2, -0.15) is 0 Å². The van der Waals surface area contributed by atoms with Crippen LogP contribution >= 0.6 is 0 Å². The first-order chi connectivity index (χ1) is 7.90. The molecule has 0 N–H and O–H groups in total. The Hall–Kier alpha value is -2.10. The summed E-state index contributed by atoms with van der Waals surface area (Å²) in [6.07, 6.45) is 3.56. The van der Waals surface area contributed by atoms with E-state index in [4.69, 9.17) is 4.74 Å². The van der Waals surface area contributed by atoms with Gasteiger partial charge in [-0.15, -0.1) is 5.10 Å². The molecular formula is C12H11N3O. The van der Waals surface area contributed by atoms with E-state index < -0.39 is 0 Å². The summed E-state index contributed by atoms with van der Waals surface area (Å²) in [6.45, 7) is 2.56. The summed E-state index contributed by atoms with van der Waals surface area (Å²) in [6, 6.07) is 8.00. The van der Waals surface area contributed by atoms with E-state index in [9.17, 15) is 0 Å². The van der Waals surface area contributed by atoms with Gasteiger partial charge in [0, 0.05) is 23.2 Å². The summed E-state index contributed by atoms with van der Waals surface area (Å²) in [7, 11) is 0. The fourth-order valence-electron chi connectivity index (χ4n) is 1.83. The van der Waals surface area contributed by atoms with Gasteiger partial charge in [0.25, 0.3) is 0 Å². The molecule has 0 atom stereocenters. The molecule has 3 rings (SSSR count). The maximum absolute atomic E-state index is 5.54. The Kier molecular flexibility index (Phi) is 1.99. The van der Waals surface area contributed by atoms with Crippen molar-refractivity contribution in [2.45, 2.75) is 6.92 Å². The van der Waals surface area contributed by atoms with E-state index in [-0.39, 0.29) is 0 Å². The number of ether oxygens (including phenoxy) is 1. The fourth-order valence-corrected chi connectivity index (χ4v) is 1.83. The molecule has 0 aliphatic carbocycles. The van der Waals surface area contributed by atoms with Crippen LogP contribution in [0, 0.1) is 0 Å². The normalized spacial score (nSPS) is 11.1. The van der Waals surface area contributed by atoms with E-state index in [2.05, 4.69) is 10.1 Å². The molecule has 0 radical (unpaired) electrons. The molecule has 16 heavy (non-hydrogen) atoms. The number of hydrogen-bond donors (Lipinski definition) is 0. The predicted molar refractivity (Wildman–Crippen MR) is 61.7 cm³/mol. The van der Waals surface area contributed by atoms with Crippen molar-refractivity contribution in [1.29, 1.82) is 0 Å². The van der Waals surface area contributed by atoms with Gasteiger partial charge < -0.3 is 4.74 Å². The highest BCUT2D eigenvalue weighted by Gasteiger charge is 2.08. The molecule has 0 fully saturated rings. The molecule has 0 spiro atoms. The van der Waals surface area contributed by atoms with Gasteiger partial charge in [-0.3, -0.25) is 0 Å². The minimum Gasteiger partial charge on any atom is -0.476 e. The van der Waals surface area contributed by atoms with Gasteiger partial charge in [0.1, 0.15) is 0 Å². The average molecular weight is 213 g/mol. The highest BCUT2D eigenvalue weighted by Crippen LogP contribution is 2.25. The van der Waals surface area contributed by atoms with Gasteiger partial charge in [-0.25, -0.2) is 9.50 Å². The molecule has 4 heteroatoms. The van der Waals surface area contributed by atoms with Crippen molar-refractivity contribution < 1.29 is 4.74 Å². The Bertz CT molecular complexity index is 645. The predicted octanol–water partition coefficient (Wildman–Crippen LogP) is 2.28. The summed E-state index contributed by atoms with van der Waals surface area (Å²) in [5.74, 6) is 0.656. The van der Waals surface area contributed by atoms with E-state index >= 15 is 0 Å². The van der Waals surface area contributed by atoms with E-state index in [1.165, 1.54) is 0 Å². The van der Waals surface area contributed by atoms with E-state index in [1.54, 1.807) is 10.7 Å². The lowest BCUT2D eigenvalue weighted by Gasteiger charge is -2.07. The summed E-state index contributed by atoms with van der Waals surface area (Å²) in [5.41, 5.74) is 0.860. The largest absolute Gasteiger partial charge is 0.476 e. The number of rotatable bonds is 2. The summed E-state index contributed by atoms with van der Waals surface area (Å²) >= 11 is 0. The quantitative estimate of drug-likeness (QED) is 0.655. The lowest BCUT2D eigenvalue weighted by molar-refractivity contribution is 0.326. The summed E-state index contributed by atoms with van der Waals surface area (Å²) in [5, 5.41) is 6.45. The maximum atomic E-state index is 5.54. The molecule has 3 aromatic rings. The van der Waals surface area contributed by atoms with Crippen molar-refractivity contribution >= 4 is 16.4 Å². The molecule has 2 heterocycles. The fraction of sp³-hybridized carbons (Fsp3) is 0.167. The molecule has 0 bridgehead atoms. The first kappa shape index (κ1) is 9.15. The minimum absolute atomic E-state index is 0.608. The van der Waals surface area contributed by atoms with Crippen molar-refractivity contribution in [2.75, 3.05) is 6.61 Å². The number of imidazole rings is 1. The smallest absolute Gasteiger partial charge is 0.239 e. The lowest BCUT2D eigenvalue weighted by Crippen LogP contribution is -2.00. The van der Waals surface area contributed by atoms with Crippen molar-refractivity contribution in [1.82, 2.24) is 14.6 Å². The number of hydrogen-bond acceptors (Lipinski definition) is 3. The zero-order valence-corrected chi connectivity index (χ0v) is 8.92. The van der Waals surface area contributed by atoms with Gasteiger partial charge in [0.2, 0.25) is 5.88 Å². The van der Waals surface area contributed by atoms with Crippen LogP contribution in [0.15, 0.2) is 36.7 Å². The van der Waals surface area contributed by atoms with Crippen LogP contribution in [-0.4, -0.2) is 21.2 Å². The van der Waals surface area contributed by atoms with Crippen LogP contribution in [0.5, 0.6) is 5.88 Å². The van der Waals surface area contributed by atoms with E-state index in [1.807, 2.05) is 37.4 Å². The monoisotopic (exact) mass is 213 g/mol. The Labute approximate surface area is 92.5 Å². The van der Waals surface area contributed by atoms with Gasteiger partial charge in [-0.1, -0.05) is 18.2 Å². The molecule has 0 unspecified atom stereocenters. The molecule has 4 nitrogen and oxygen atoms in total. The zero-order valence-electron chi connectivity index (χ0n) is 8.92. The molecule has 0 aliphatic heterocycles. The first-order valence-corrected chi connectivity index (χ1v) is 5.25. The second-order valence-corrected chi connectivity index (χ2v) is 3.48. The molecule has 0 saturated carbocycles. The average Bonchev–Trinajstić information content (AvgIpc) is 2.78. The number of nitrogens with zero attached hydrogens (tertiary/aromatic N) is 3. The number of aromatic nitrogens is 3. The van der Waals surface area contributed by atoms with Crippen molar-refractivity contribution in [3.8, 4) is 5.88 Å². The van der Waals surface area contributed by atoms with Crippen LogP contribution < -0.4 is 4.74 Å². The van der Waals surface area contributed by atoms with E-state index in [0.29, 0.717) is 12.5 Å². The van der Waals surface area contributed by atoms with Crippen LogP contribution in [0.25, 0.3) is 16.4 Å². The maximum Gasteiger partial charge on any atom is 0.239 e. The Morgan fingerprint density at radius 1 is 1.25 bits per heavy atom. The molecule has 0 amide bonds. The van der Waals surface area contributed by atoms with Crippen molar-refractivity contribution in [2.24, 2.45) is 0 Å². The summed E-state index contributed by atoms with van der Waals surface area (Å²) in [4.78, 5) is 4.29. The topological polar surface area (TPSA) is 39.4 Å². The van der Waals surface area contributed by atoms with Crippen molar-refractivity contribution in [3.05, 3.63) is 36.7 Å². The van der Waals surface area contributed by atoms with Crippen LogP contribution in [0.2, 0.25) is 0 Å². The molecular weight excluding hydrogens is 202 g/mol. The van der Waals surface area contributed by atoms with Crippen LogP contribution in [0.4, 0.5) is 0 Å². The third kappa shape index (κ3) is 1.23. The third-order valence-corrected chi connectivity index (χ3v) is 2.50. The van der Waals surface area contributed by atoms with Gasteiger partial charge >= 0.3 is 0 Å². The lowest BCUT2D eigenvalue weighted by atomic mass is 10.2. The Balaban J connectivity index is 2.45.